The Morgan fingerprint density at radius 3 is 2.52 bits per heavy atom. The molecule has 0 aromatic heterocycles. The predicted octanol–water partition coefficient (Wildman–Crippen LogP) is 2.57. The Labute approximate surface area is 162 Å². The van der Waals surface area contributed by atoms with Crippen molar-refractivity contribution in [3.8, 4) is 0 Å². The zero-order valence-corrected chi connectivity index (χ0v) is 15.6. The molecule has 3 rings (SSSR count). The van der Waals surface area contributed by atoms with Gasteiger partial charge in [-0.2, -0.15) is 0 Å². The minimum Gasteiger partial charge on any atom is -0.344 e. The Morgan fingerprint density at radius 1 is 1.07 bits per heavy atom. The first-order chi connectivity index (χ1) is 13.0. The van der Waals surface area contributed by atoms with Crippen molar-refractivity contribution in [1.29, 1.82) is 0 Å². The molecule has 1 heterocycles. The second kappa shape index (κ2) is 8.22. The van der Waals surface area contributed by atoms with Gasteiger partial charge in [0.25, 0.3) is 5.91 Å². The topological polar surface area (TPSA) is 78.5 Å². The summed E-state index contributed by atoms with van der Waals surface area (Å²) in [6.07, 6.45) is 0.791. The molecular formula is C20H20ClN3O3. The lowest BCUT2D eigenvalue weighted by Gasteiger charge is -2.17. The second-order valence-electron chi connectivity index (χ2n) is 6.23. The molecule has 0 unspecified atom stereocenters. The highest BCUT2D eigenvalue weighted by Gasteiger charge is 2.38. The highest BCUT2D eigenvalue weighted by atomic mass is 35.5. The summed E-state index contributed by atoms with van der Waals surface area (Å²) in [6.45, 7) is 2.66. The van der Waals surface area contributed by atoms with E-state index in [9.17, 15) is 14.4 Å². The Balaban J connectivity index is 1.67. The number of hydrogen-bond acceptors (Lipinski definition) is 3. The number of anilines is 1. The van der Waals surface area contributed by atoms with Crippen LogP contribution in [0, 0.1) is 0 Å². The summed E-state index contributed by atoms with van der Waals surface area (Å²) < 4.78 is 0. The van der Waals surface area contributed by atoms with E-state index in [4.69, 9.17) is 11.6 Å². The van der Waals surface area contributed by atoms with Gasteiger partial charge >= 0.3 is 11.8 Å². The van der Waals surface area contributed by atoms with Crippen LogP contribution in [0.3, 0.4) is 0 Å². The molecule has 0 radical (unpaired) electrons. The molecule has 140 valence electrons. The number of nitrogens with zero attached hydrogens (tertiary/aromatic N) is 1. The predicted molar refractivity (Wildman–Crippen MR) is 103 cm³/mol. The van der Waals surface area contributed by atoms with Crippen LogP contribution in [0.2, 0.25) is 5.02 Å². The van der Waals surface area contributed by atoms with Crippen LogP contribution < -0.4 is 15.5 Å². The van der Waals surface area contributed by atoms with Gasteiger partial charge in [-0.15, -0.1) is 0 Å². The average Bonchev–Trinajstić information content (AvgIpc) is 2.93. The molecule has 1 aliphatic heterocycles. The summed E-state index contributed by atoms with van der Waals surface area (Å²) in [5.41, 5.74) is 2.17. The molecule has 2 aromatic rings. The van der Waals surface area contributed by atoms with Crippen LogP contribution in [0.5, 0.6) is 0 Å². The average molecular weight is 386 g/mol. The number of para-hydroxylation sites is 1. The van der Waals surface area contributed by atoms with E-state index in [1.807, 2.05) is 19.1 Å². The standard InChI is InChI=1S/C20H20ClN3O3/c1-2-11-24-16-10-6-4-8-14(16)17(20(24)27)23-19(26)18(25)22-12-13-7-3-5-9-15(13)21/h3-10,17H,2,11-12H2,1H3,(H,22,25)(H,23,26)/t17-/m0/s1. The summed E-state index contributed by atoms with van der Waals surface area (Å²) in [5.74, 6) is -1.90. The lowest BCUT2D eigenvalue weighted by Crippen LogP contribution is -2.44. The van der Waals surface area contributed by atoms with Gasteiger partial charge in [0.15, 0.2) is 0 Å². The Hall–Kier alpha value is -2.86. The third kappa shape index (κ3) is 3.95. The first-order valence-electron chi connectivity index (χ1n) is 8.75. The minimum absolute atomic E-state index is 0.128. The maximum absolute atomic E-state index is 12.7. The molecule has 1 atom stereocenters. The van der Waals surface area contributed by atoms with Crippen LogP contribution in [0.25, 0.3) is 0 Å². The fraction of sp³-hybridized carbons (Fsp3) is 0.250. The summed E-state index contributed by atoms with van der Waals surface area (Å²) in [5, 5.41) is 5.58. The van der Waals surface area contributed by atoms with E-state index in [0.29, 0.717) is 22.7 Å². The van der Waals surface area contributed by atoms with E-state index >= 15 is 0 Å². The smallest absolute Gasteiger partial charge is 0.310 e. The van der Waals surface area contributed by atoms with E-state index < -0.39 is 17.9 Å². The van der Waals surface area contributed by atoms with Crippen molar-refractivity contribution in [2.45, 2.75) is 25.9 Å². The summed E-state index contributed by atoms with van der Waals surface area (Å²) in [7, 11) is 0. The second-order valence-corrected chi connectivity index (χ2v) is 6.64. The third-order valence-electron chi connectivity index (χ3n) is 4.38. The zero-order valence-electron chi connectivity index (χ0n) is 14.9. The molecule has 0 spiro atoms. The highest BCUT2D eigenvalue weighted by Crippen LogP contribution is 2.35. The van der Waals surface area contributed by atoms with Crippen LogP contribution >= 0.6 is 11.6 Å². The molecule has 2 aromatic carbocycles. The number of benzene rings is 2. The fourth-order valence-corrected chi connectivity index (χ4v) is 3.28. The molecule has 6 nitrogen and oxygen atoms in total. The highest BCUT2D eigenvalue weighted by molar-refractivity contribution is 6.36. The van der Waals surface area contributed by atoms with E-state index in [1.165, 1.54) is 0 Å². The molecule has 0 saturated heterocycles. The van der Waals surface area contributed by atoms with Crippen LogP contribution in [0.4, 0.5) is 5.69 Å². The number of rotatable bonds is 5. The molecular weight excluding hydrogens is 366 g/mol. The largest absolute Gasteiger partial charge is 0.344 e. The number of carbonyl (C=O) groups is 3. The van der Waals surface area contributed by atoms with Crippen molar-refractivity contribution in [3.63, 3.8) is 0 Å². The molecule has 3 amide bonds. The molecule has 7 heteroatoms. The molecule has 27 heavy (non-hydrogen) atoms. The van der Waals surface area contributed by atoms with Gasteiger partial charge in [-0.1, -0.05) is 54.9 Å². The Kier molecular flexibility index (Phi) is 5.76. The number of amides is 3. The van der Waals surface area contributed by atoms with Crippen LogP contribution in [0.1, 0.15) is 30.5 Å². The van der Waals surface area contributed by atoms with E-state index in [2.05, 4.69) is 10.6 Å². The van der Waals surface area contributed by atoms with E-state index in [1.54, 1.807) is 41.3 Å². The maximum Gasteiger partial charge on any atom is 0.310 e. The van der Waals surface area contributed by atoms with Crippen molar-refractivity contribution in [1.82, 2.24) is 10.6 Å². The van der Waals surface area contributed by atoms with Gasteiger partial charge in [0.2, 0.25) is 0 Å². The van der Waals surface area contributed by atoms with Crippen molar-refractivity contribution in [2.24, 2.45) is 0 Å². The van der Waals surface area contributed by atoms with Gasteiger partial charge in [0, 0.05) is 29.4 Å². The molecule has 2 N–H and O–H groups in total. The van der Waals surface area contributed by atoms with E-state index in [0.717, 1.165) is 12.1 Å². The van der Waals surface area contributed by atoms with Gasteiger partial charge < -0.3 is 15.5 Å². The number of fused-ring (bicyclic) bond motifs is 1. The van der Waals surface area contributed by atoms with Gasteiger partial charge in [-0.25, -0.2) is 0 Å². The molecule has 0 fully saturated rings. The molecule has 0 aliphatic carbocycles. The van der Waals surface area contributed by atoms with Gasteiger partial charge in [-0.05, 0) is 24.1 Å². The molecule has 1 aliphatic rings. The quantitative estimate of drug-likeness (QED) is 0.776. The summed E-state index contributed by atoms with van der Waals surface area (Å²) in [4.78, 5) is 38.8. The fourth-order valence-electron chi connectivity index (χ4n) is 3.07. The van der Waals surface area contributed by atoms with Crippen molar-refractivity contribution < 1.29 is 14.4 Å². The maximum atomic E-state index is 12.7. The zero-order chi connectivity index (χ0) is 19.4. The third-order valence-corrected chi connectivity index (χ3v) is 4.75. The Morgan fingerprint density at radius 2 is 1.78 bits per heavy atom. The monoisotopic (exact) mass is 385 g/mol. The Bertz CT molecular complexity index is 884. The van der Waals surface area contributed by atoms with Gasteiger partial charge in [0.1, 0.15) is 6.04 Å². The SMILES string of the molecule is CCCN1C(=O)[C@@H](NC(=O)C(=O)NCc2ccccc2Cl)c2ccccc21. The van der Waals surface area contributed by atoms with E-state index in [-0.39, 0.29) is 12.5 Å². The van der Waals surface area contributed by atoms with Crippen LogP contribution in [-0.2, 0) is 20.9 Å². The first-order valence-corrected chi connectivity index (χ1v) is 9.13. The van der Waals surface area contributed by atoms with Crippen molar-refractivity contribution >= 4 is 35.0 Å². The normalized spacial score (nSPS) is 15.4. The number of halogens is 1. The lowest BCUT2D eigenvalue weighted by atomic mass is 10.1. The first kappa shape index (κ1) is 18.9. The minimum atomic E-state index is -0.855. The lowest BCUT2D eigenvalue weighted by molar-refractivity contribution is -0.140. The van der Waals surface area contributed by atoms with Gasteiger partial charge in [-0.3, -0.25) is 14.4 Å². The number of carbonyl (C=O) groups excluding carboxylic acids is 3. The van der Waals surface area contributed by atoms with Crippen LogP contribution in [0.15, 0.2) is 48.5 Å². The number of nitrogens with one attached hydrogen (secondary N) is 2. The summed E-state index contributed by atoms with van der Waals surface area (Å²) >= 11 is 6.04. The van der Waals surface area contributed by atoms with Crippen LogP contribution in [-0.4, -0.2) is 24.3 Å². The molecule has 0 bridgehead atoms. The van der Waals surface area contributed by atoms with Crippen molar-refractivity contribution in [3.05, 3.63) is 64.7 Å². The van der Waals surface area contributed by atoms with Crippen molar-refractivity contribution in [2.75, 3.05) is 11.4 Å². The van der Waals surface area contributed by atoms with Gasteiger partial charge in [0.05, 0.1) is 0 Å². The summed E-state index contributed by atoms with van der Waals surface area (Å²) in [6, 6.07) is 13.5. The number of hydrogen-bond donors (Lipinski definition) is 2. The molecule has 0 saturated carbocycles.